The second kappa shape index (κ2) is 6.02. The lowest BCUT2D eigenvalue weighted by Crippen LogP contribution is -3.00. The van der Waals surface area contributed by atoms with E-state index in [0.717, 1.165) is 38.6 Å². The number of aromatic nitrogens is 1. The Morgan fingerprint density at radius 2 is 1.62 bits per heavy atom. The van der Waals surface area contributed by atoms with Crippen LogP contribution in [0.25, 0.3) is 32.9 Å². The number of nitrogens with zero attached hydrogens (tertiary/aromatic N) is 1. The second-order valence-electron chi connectivity index (χ2n) is 5.78. The van der Waals surface area contributed by atoms with Gasteiger partial charge >= 0.3 is 0 Å². The van der Waals surface area contributed by atoms with Crippen LogP contribution in [0.3, 0.4) is 0 Å². The first-order valence-electron chi connectivity index (χ1n) is 7.54. The van der Waals surface area contributed by atoms with E-state index < -0.39 is 0 Å². The van der Waals surface area contributed by atoms with E-state index in [2.05, 4.69) is 16.7 Å². The van der Waals surface area contributed by atoms with Gasteiger partial charge in [0.15, 0.2) is 0 Å². The lowest BCUT2D eigenvalue weighted by Gasteiger charge is -2.10. The maximum atomic E-state index is 9.99. The van der Waals surface area contributed by atoms with Crippen LogP contribution >= 0.6 is 0 Å². The molecule has 0 aliphatic carbocycles. The van der Waals surface area contributed by atoms with E-state index in [0.29, 0.717) is 0 Å². The summed E-state index contributed by atoms with van der Waals surface area (Å²) in [4.78, 5) is 0. The highest BCUT2D eigenvalue weighted by molar-refractivity contribution is 6.09. The minimum atomic E-state index is 0. The zero-order valence-electron chi connectivity index (χ0n) is 13.2. The van der Waals surface area contributed by atoms with Gasteiger partial charge in [0.25, 0.3) is 0 Å². The van der Waals surface area contributed by atoms with Gasteiger partial charge in [-0.25, -0.2) is 0 Å². The van der Waals surface area contributed by atoms with Gasteiger partial charge in [0, 0.05) is 22.7 Å². The van der Waals surface area contributed by atoms with Gasteiger partial charge in [-0.3, -0.25) is 0 Å². The number of pyridine rings is 1. The van der Waals surface area contributed by atoms with E-state index >= 15 is 0 Å². The van der Waals surface area contributed by atoms with Crippen LogP contribution in [0, 0.1) is 0 Å². The van der Waals surface area contributed by atoms with Crippen molar-refractivity contribution in [2.75, 3.05) is 5.73 Å². The fourth-order valence-electron chi connectivity index (χ4n) is 3.29. The van der Waals surface area contributed by atoms with Crippen LogP contribution in [0.4, 0.5) is 5.69 Å². The predicted molar refractivity (Wildman–Crippen MR) is 94.1 cm³/mol. The van der Waals surface area contributed by atoms with E-state index in [4.69, 9.17) is 5.73 Å². The molecule has 1 heterocycles. The van der Waals surface area contributed by atoms with Crippen molar-refractivity contribution in [3.05, 3.63) is 66.7 Å². The lowest BCUT2D eigenvalue weighted by atomic mass is 9.99. The summed E-state index contributed by atoms with van der Waals surface area (Å²) in [6.07, 6.45) is 0. The lowest BCUT2D eigenvalue weighted by molar-refractivity contribution is -0.632. The molecule has 0 fully saturated rings. The molecule has 0 saturated carbocycles. The van der Waals surface area contributed by atoms with Crippen LogP contribution in [-0.4, -0.2) is 5.11 Å². The fourth-order valence-corrected chi connectivity index (χ4v) is 3.29. The Morgan fingerprint density at radius 3 is 2.42 bits per heavy atom. The minimum Gasteiger partial charge on any atom is -1.00 e. The Balaban J connectivity index is 0.00000169. The Kier molecular flexibility index (Phi) is 4.04. The number of aromatic hydroxyl groups is 1. The average Bonchev–Trinajstić information content (AvgIpc) is 2.55. The van der Waals surface area contributed by atoms with Crippen molar-refractivity contribution in [3.8, 4) is 17.0 Å². The molecule has 0 aliphatic heterocycles. The molecule has 0 spiro atoms. The Hall–Kier alpha value is -2.78. The number of hydrogen-bond donors (Lipinski definition) is 2. The summed E-state index contributed by atoms with van der Waals surface area (Å²) in [6, 6.07) is 21.7. The first-order chi connectivity index (χ1) is 11.1. The summed E-state index contributed by atoms with van der Waals surface area (Å²) in [7, 11) is 2.05. The number of halogens is 1. The van der Waals surface area contributed by atoms with Gasteiger partial charge in [0.2, 0.25) is 11.2 Å². The van der Waals surface area contributed by atoms with Gasteiger partial charge in [-0.2, -0.15) is 4.57 Å². The van der Waals surface area contributed by atoms with Gasteiger partial charge < -0.3 is 23.2 Å². The molecule has 3 aromatic carbocycles. The number of rotatable bonds is 1. The molecule has 4 aromatic rings. The summed E-state index contributed by atoms with van der Waals surface area (Å²) < 4.78 is 2.16. The highest BCUT2D eigenvalue weighted by Gasteiger charge is 2.20. The molecular weight excluding hydrogens is 320 g/mol. The number of nitrogens with two attached hydrogens (primary N) is 1. The van der Waals surface area contributed by atoms with Crippen molar-refractivity contribution in [2.24, 2.45) is 7.05 Å². The first-order valence-corrected chi connectivity index (χ1v) is 7.54. The van der Waals surface area contributed by atoms with E-state index in [-0.39, 0.29) is 18.2 Å². The van der Waals surface area contributed by atoms with Crippen molar-refractivity contribution in [2.45, 2.75) is 0 Å². The molecule has 0 atom stereocenters. The van der Waals surface area contributed by atoms with E-state index in [9.17, 15) is 5.11 Å². The number of phenolic OH excluding ortho intramolecular Hbond substituents is 1. The van der Waals surface area contributed by atoms with E-state index in [1.54, 1.807) is 6.07 Å². The third kappa shape index (κ3) is 2.43. The summed E-state index contributed by atoms with van der Waals surface area (Å²) in [5, 5.41) is 13.3. The van der Waals surface area contributed by atoms with Crippen molar-refractivity contribution in [1.82, 2.24) is 0 Å². The maximum Gasteiger partial charge on any atom is 0.220 e. The van der Waals surface area contributed by atoms with Crippen molar-refractivity contribution >= 4 is 27.4 Å². The Bertz CT molecular complexity index is 1060. The molecule has 0 saturated heterocycles. The minimum absolute atomic E-state index is 0. The molecule has 24 heavy (non-hydrogen) atoms. The number of nitrogen functional groups attached to an aromatic ring is 1. The molecule has 3 nitrogen and oxygen atoms in total. The zero-order valence-corrected chi connectivity index (χ0v) is 14.0. The summed E-state index contributed by atoms with van der Waals surface area (Å²) in [6.45, 7) is 0. The molecule has 120 valence electrons. The van der Waals surface area contributed by atoms with Crippen LogP contribution in [0.5, 0.6) is 5.75 Å². The third-order valence-corrected chi connectivity index (χ3v) is 4.31. The summed E-state index contributed by atoms with van der Waals surface area (Å²) >= 11 is 0. The molecule has 3 N–H and O–H groups in total. The summed E-state index contributed by atoms with van der Waals surface area (Å²) in [5.74, 6) is 0.262. The summed E-state index contributed by atoms with van der Waals surface area (Å²) in [5.41, 5.74) is 9.92. The monoisotopic (exact) mass is 336 g/mol. The number of fused-ring (bicyclic) bond motifs is 3. The van der Waals surface area contributed by atoms with Crippen LogP contribution in [0.1, 0.15) is 0 Å². The molecule has 0 aliphatic rings. The SMILES string of the molecule is C[n+]1c(-c2cccc(N)c2)c2cc(O)ccc2c2ccccc21.[Cl-]. The number of para-hydroxylation sites is 1. The maximum absolute atomic E-state index is 9.99. The quantitative estimate of drug-likeness (QED) is 0.306. The molecular formula is C20H17ClN2O. The van der Waals surface area contributed by atoms with Crippen LogP contribution < -0.4 is 22.7 Å². The Labute approximate surface area is 146 Å². The second-order valence-corrected chi connectivity index (χ2v) is 5.78. The molecule has 0 radical (unpaired) electrons. The number of aryl methyl sites for hydroxylation is 1. The molecule has 1 aromatic heterocycles. The first kappa shape index (κ1) is 16.1. The van der Waals surface area contributed by atoms with E-state index in [1.165, 1.54) is 0 Å². The molecule has 4 heteroatoms. The predicted octanol–water partition coefficient (Wildman–Crippen LogP) is 0.776. The normalized spacial score (nSPS) is 10.7. The van der Waals surface area contributed by atoms with Gasteiger partial charge in [-0.1, -0.05) is 18.2 Å². The number of benzene rings is 3. The number of phenols is 1. The number of hydrogen-bond acceptors (Lipinski definition) is 2. The fraction of sp³-hybridized carbons (Fsp3) is 0.0500. The van der Waals surface area contributed by atoms with Crippen molar-refractivity contribution in [1.29, 1.82) is 0 Å². The van der Waals surface area contributed by atoms with Crippen LogP contribution in [-0.2, 0) is 7.05 Å². The van der Waals surface area contributed by atoms with Gasteiger partial charge in [-0.15, -0.1) is 0 Å². The van der Waals surface area contributed by atoms with Crippen molar-refractivity contribution < 1.29 is 22.1 Å². The number of anilines is 1. The molecule has 4 rings (SSSR count). The topological polar surface area (TPSA) is 50.1 Å². The zero-order chi connectivity index (χ0) is 16.0. The largest absolute Gasteiger partial charge is 1.00 e. The highest BCUT2D eigenvalue weighted by atomic mass is 35.5. The molecule has 0 unspecified atom stereocenters. The van der Waals surface area contributed by atoms with Crippen molar-refractivity contribution in [3.63, 3.8) is 0 Å². The highest BCUT2D eigenvalue weighted by Crippen LogP contribution is 2.33. The Morgan fingerprint density at radius 1 is 0.833 bits per heavy atom. The molecule has 0 bridgehead atoms. The van der Waals surface area contributed by atoms with Gasteiger partial charge in [-0.05, 0) is 42.5 Å². The van der Waals surface area contributed by atoms with Gasteiger partial charge in [0.05, 0.1) is 10.8 Å². The van der Waals surface area contributed by atoms with E-state index in [1.807, 2.05) is 55.6 Å². The third-order valence-electron chi connectivity index (χ3n) is 4.31. The van der Waals surface area contributed by atoms with Gasteiger partial charge in [0.1, 0.15) is 12.8 Å². The van der Waals surface area contributed by atoms with Crippen LogP contribution in [0.15, 0.2) is 66.7 Å². The smallest absolute Gasteiger partial charge is 0.220 e. The average molecular weight is 337 g/mol. The van der Waals surface area contributed by atoms with Crippen LogP contribution in [0.2, 0.25) is 0 Å². The molecule has 0 amide bonds. The standard InChI is InChI=1S/C20H16N2O.ClH/c1-22-19-8-3-2-7-17(19)16-10-9-15(23)12-18(16)20(22)13-5-4-6-14(21)11-13;/h2-12H,21H2,1H3;1H.